The lowest BCUT2D eigenvalue weighted by Crippen LogP contribution is -2.51. The fourth-order valence-corrected chi connectivity index (χ4v) is 3.60. The number of hydrogen-bond acceptors (Lipinski definition) is 4. The summed E-state index contributed by atoms with van der Waals surface area (Å²) in [6.07, 6.45) is 0.642. The van der Waals surface area contributed by atoms with Crippen LogP contribution in [0.5, 0.6) is 5.75 Å². The first kappa shape index (κ1) is 19.3. The molecule has 1 aliphatic heterocycles. The minimum Gasteiger partial charge on any atom is -0.497 e. The number of rotatable bonds is 5. The number of nitrogens with zero attached hydrogens (tertiary/aromatic N) is 3. The van der Waals surface area contributed by atoms with Gasteiger partial charge in [-0.05, 0) is 43.3 Å². The monoisotopic (exact) mass is 393 g/mol. The van der Waals surface area contributed by atoms with Gasteiger partial charge in [-0.25, -0.2) is 9.78 Å². The third-order valence-corrected chi connectivity index (χ3v) is 5.42. The van der Waals surface area contributed by atoms with Gasteiger partial charge in [-0.2, -0.15) is 0 Å². The number of amides is 2. The normalized spacial score (nSPS) is 16.0. The van der Waals surface area contributed by atoms with E-state index in [1.54, 1.807) is 7.11 Å². The number of carbonyl (C=O) groups is 1. The molecule has 1 fully saturated rings. The van der Waals surface area contributed by atoms with E-state index in [9.17, 15) is 4.79 Å². The number of H-pyrrole nitrogens is 1. The number of benzene rings is 2. The highest BCUT2D eigenvalue weighted by molar-refractivity contribution is 5.76. The van der Waals surface area contributed by atoms with Crippen LogP contribution >= 0.6 is 0 Å². The molecular weight excluding hydrogens is 366 g/mol. The molecule has 4 rings (SSSR count). The van der Waals surface area contributed by atoms with Crippen LogP contribution in [-0.4, -0.2) is 66.1 Å². The number of fused-ring (bicyclic) bond motifs is 1. The van der Waals surface area contributed by atoms with Gasteiger partial charge in [-0.1, -0.05) is 24.3 Å². The van der Waals surface area contributed by atoms with Gasteiger partial charge in [0, 0.05) is 26.2 Å². The van der Waals surface area contributed by atoms with Crippen LogP contribution in [0.1, 0.15) is 17.4 Å². The van der Waals surface area contributed by atoms with Crippen LogP contribution in [-0.2, 0) is 6.42 Å². The van der Waals surface area contributed by atoms with Gasteiger partial charge in [0.1, 0.15) is 11.6 Å². The summed E-state index contributed by atoms with van der Waals surface area (Å²) in [7, 11) is 3.73. The molecule has 152 valence electrons. The third kappa shape index (κ3) is 4.51. The first-order valence-corrected chi connectivity index (χ1v) is 9.94. The third-order valence-electron chi connectivity index (χ3n) is 5.42. The molecule has 29 heavy (non-hydrogen) atoms. The molecule has 0 unspecified atom stereocenters. The first-order chi connectivity index (χ1) is 14.1. The van der Waals surface area contributed by atoms with Crippen molar-refractivity contribution in [1.82, 2.24) is 25.1 Å². The van der Waals surface area contributed by atoms with Crippen molar-refractivity contribution >= 4 is 17.1 Å². The zero-order chi connectivity index (χ0) is 20.2. The topological polar surface area (TPSA) is 73.5 Å². The molecule has 2 heterocycles. The van der Waals surface area contributed by atoms with Crippen LogP contribution in [0.4, 0.5) is 4.79 Å². The van der Waals surface area contributed by atoms with Gasteiger partial charge in [-0.3, -0.25) is 0 Å². The number of imidazole rings is 1. The van der Waals surface area contributed by atoms with Crippen LogP contribution in [0.15, 0.2) is 48.5 Å². The Labute approximate surface area is 170 Å². The molecule has 0 aliphatic carbocycles. The number of para-hydroxylation sites is 2. The summed E-state index contributed by atoms with van der Waals surface area (Å²) >= 11 is 0. The second-order valence-electron chi connectivity index (χ2n) is 7.48. The van der Waals surface area contributed by atoms with E-state index in [1.807, 2.05) is 53.4 Å². The van der Waals surface area contributed by atoms with E-state index in [0.717, 1.165) is 54.3 Å². The minimum atomic E-state index is -0.247. The molecule has 2 aromatic carbocycles. The molecule has 1 aliphatic rings. The summed E-state index contributed by atoms with van der Waals surface area (Å²) in [5.74, 6) is 1.58. The molecule has 1 atom stereocenters. The zero-order valence-corrected chi connectivity index (χ0v) is 16.9. The number of aromatic nitrogens is 2. The highest BCUT2D eigenvalue weighted by Gasteiger charge is 2.24. The summed E-state index contributed by atoms with van der Waals surface area (Å²) in [6, 6.07) is 15.5. The number of urea groups is 1. The van der Waals surface area contributed by atoms with Crippen LogP contribution in [0.2, 0.25) is 0 Å². The highest BCUT2D eigenvalue weighted by atomic mass is 16.5. The quantitative estimate of drug-likeness (QED) is 0.699. The largest absolute Gasteiger partial charge is 0.497 e. The molecule has 3 aromatic rings. The number of likely N-dealkylation sites (N-methyl/N-ethyl adjacent to an activating group) is 1. The molecule has 2 amide bonds. The van der Waals surface area contributed by atoms with E-state index < -0.39 is 0 Å². The van der Waals surface area contributed by atoms with E-state index in [0.29, 0.717) is 6.42 Å². The molecular formula is C22H27N5O2. The zero-order valence-electron chi connectivity index (χ0n) is 16.9. The maximum absolute atomic E-state index is 12.9. The average molecular weight is 393 g/mol. The van der Waals surface area contributed by atoms with Crippen LogP contribution in [0, 0.1) is 0 Å². The Morgan fingerprint density at radius 3 is 2.55 bits per heavy atom. The van der Waals surface area contributed by atoms with Crippen molar-refractivity contribution in [3.63, 3.8) is 0 Å². The number of hydrogen-bond donors (Lipinski definition) is 2. The number of piperazine rings is 1. The van der Waals surface area contributed by atoms with E-state index in [-0.39, 0.29) is 12.1 Å². The number of nitrogens with one attached hydrogen (secondary N) is 2. The fraction of sp³-hybridized carbons (Fsp3) is 0.364. The number of ether oxygens (including phenoxy) is 1. The Balaban J connectivity index is 1.56. The lowest BCUT2D eigenvalue weighted by molar-refractivity contribution is 0.151. The van der Waals surface area contributed by atoms with Gasteiger partial charge in [0.15, 0.2) is 0 Å². The van der Waals surface area contributed by atoms with Crippen LogP contribution in [0.25, 0.3) is 11.0 Å². The molecule has 2 N–H and O–H groups in total. The molecule has 0 saturated carbocycles. The minimum absolute atomic E-state index is 0.0444. The van der Waals surface area contributed by atoms with Gasteiger partial charge in [0.05, 0.1) is 24.2 Å². The van der Waals surface area contributed by atoms with Crippen molar-refractivity contribution in [3.8, 4) is 5.75 Å². The smallest absolute Gasteiger partial charge is 0.318 e. The lowest BCUT2D eigenvalue weighted by Gasteiger charge is -2.33. The summed E-state index contributed by atoms with van der Waals surface area (Å²) in [6.45, 7) is 3.25. The Bertz CT molecular complexity index is 928. The summed E-state index contributed by atoms with van der Waals surface area (Å²) < 4.78 is 5.25. The average Bonchev–Trinajstić information content (AvgIpc) is 3.18. The summed E-state index contributed by atoms with van der Waals surface area (Å²) in [5.41, 5.74) is 2.97. The summed E-state index contributed by atoms with van der Waals surface area (Å²) in [4.78, 5) is 25.1. The van der Waals surface area contributed by atoms with Gasteiger partial charge < -0.3 is 24.8 Å². The van der Waals surface area contributed by atoms with Crippen LogP contribution < -0.4 is 10.1 Å². The van der Waals surface area contributed by atoms with Gasteiger partial charge in [0.25, 0.3) is 0 Å². The SMILES string of the molecule is COc1ccc(C[C@@H](NC(=O)N2CCN(C)CC2)c2nc3ccccc3[nH]2)cc1. The van der Waals surface area contributed by atoms with Gasteiger partial charge in [0.2, 0.25) is 0 Å². The number of methoxy groups -OCH3 is 1. The predicted octanol–water partition coefficient (Wildman–Crippen LogP) is 2.81. The molecule has 7 nitrogen and oxygen atoms in total. The van der Waals surface area contributed by atoms with E-state index in [4.69, 9.17) is 9.72 Å². The van der Waals surface area contributed by atoms with Crippen LogP contribution in [0.3, 0.4) is 0 Å². The van der Waals surface area contributed by atoms with Crippen molar-refractivity contribution in [3.05, 3.63) is 59.9 Å². The second-order valence-corrected chi connectivity index (χ2v) is 7.48. The lowest BCUT2D eigenvalue weighted by atomic mass is 10.1. The number of aromatic amines is 1. The highest BCUT2D eigenvalue weighted by Crippen LogP contribution is 2.22. The van der Waals surface area contributed by atoms with E-state index in [1.165, 1.54) is 0 Å². The van der Waals surface area contributed by atoms with E-state index >= 15 is 0 Å². The van der Waals surface area contributed by atoms with Crippen molar-refractivity contribution in [1.29, 1.82) is 0 Å². The fourth-order valence-electron chi connectivity index (χ4n) is 3.60. The first-order valence-electron chi connectivity index (χ1n) is 9.94. The molecule has 1 saturated heterocycles. The van der Waals surface area contributed by atoms with Crippen molar-refractivity contribution in [2.75, 3.05) is 40.3 Å². The summed E-state index contributed by atoms with van der Waals surface area (Å²) in [5, 5.41) is 3.20. The Morgan fingerprint density at radius 2 is 1.86 bits per heavy atom. The van der Waals surface area contributed by atoms with E-state index in [2.05, 4.69) is 22.2 Å². The molecule has 0 radical (unpaired) electrons. The standard InChI is InChI=1S/C22H27N5O2/c1-26-11-13-27(14-12-26)22(28)25-20(15-16-7-9-17(29-2)10-8-16)21-23-18-5-3-4-6-19(18)24-21/h3-10,20H,11-15H2,1-2H3,(H,23,24)(H,25,28)/t20-/m1/s1. The predicted molar refractivity (Wildman–Crippen MR) is 113 cm³/mol. The van der Waals surface area contributed by atoms with Crippen molar-refractivity contribution in [2.24, 2.45) is 0 Å². The van der Waals surface area contributed by atoms with Crippen molar-refractivity contribution in [2.45, 2.75) is 12.5 Å². The molecule has 7 heteroatoms. The van der Waals surface area contributed by atoms with Crippen molar-refractivity contribution < 1.29 is 9.53 Å². The maximum atomic E-state index is 12.9. The maximum Gasteiger partial charge on any atom is 0.318 e. The Kier molecular flexibility index (Phi) is 5.67. The Morgan fingerprint density at radius 1 is 1.14 bits per heavy atom. The second kappa shape index (κ2) is 8.53. The molecule has 0 bridgehead atoms. The van der Waals surface area contributed by atoms with Gasteiger partial charge >= 0.3 is 6.03 Å². The molecule has 1 aromatic heterocycles. The number of carbonyl (C=O) groups excluding carboxylic acids is 1. The Hall–Kier alpha value is -3.06. The molecule has 0 spiro atoms. The van der Waals surface area contributed by atoms with Gasteiger partial charge in [-0.15, -0.1) is 0 Å².